The standard InChI is InChI=1S/C24H30N2O3/c1-24(2,3)20-11-7-8-12-21(20)29-19-15-13-18(14-16-19)25-23(28)26-22(27)17-9-5-4-6-10-17/h4-6,9-10,13-16,20-21H,7-8,11-12H2,1-3H3,(H2,25,26,27,28). The maximum Gasteiger partial charge on any atom is 0.326 e. The quantitative estimate of drug-likeness (QED) is 0.706. The highest BCUT2D eigenvalue weighted by molar-refractivity contribution is 6.07. The van der Waals surface area contributed by atoms with Crippen molar-refractivity contribution in [3.05, 3.63) is 60.2 Å². The summed E-state index contributed by atoms with van der Waals surface area (Å²) in [5.74, 6) is 0.898. The van der Waals surface area contributed by atoms with Gasteiger partial charge in [-0.1, -0.05) is 45.4 Å². The summed E-state index contributed by atoms with van der Waals surface area (Å²) in [7, 11) is 0. The highest BCUT2D eigenvalue weighted by Crippen LogP contribution is 2.39. The van der Waals surface area contributed by atoms with Gasteiger partial charge in [0.25, 0.3) is 5.91 Å². The number of ether oxygens (including phenoxy) is 1. The summed E-state index contributed by atoms with van der Waals surface area (Å²) in [6, 6.07) is 15.4. The van der Waals surface area contributed by atoms with Crippen LogP contribution < -0.4 is 15.4 Å². The highest BCUT2D eigenvalue weighted by Gasteiger charge is 2.35. The molecule has 2 atom stereocenters. The smallest absolute Gasteiger partial charge is 0.326 e. The molecule has 2 unspecified atom stereocenters. The van der Waals surface area contributed by atoms with Gasteiger partial charge in [0, 0.05) is 17.2 Å². The minimum Gasteiger partial charge on any atom is -0.490 e. The van der Waals surface area contributed by atoms with Gasteiger partial charge >= 0.3 is 6.03 Å². The molecule has 0 aromatic heterocycles. The van der Waals surface area contributed by atoms with Crippen LogP contribution in [0.25, 0.3) is 0 Å². The van der Waals surface area contributed by atoms with Gasteiger partial charge in [-0.2, -0.15) is 0 Å². The van der Waals surface area contributed by atoms with E-state index < -0.39 is 11.9 Å². The third-order valence-electron chi connectivity index (χ3n) is 5.48. The zero-order valence-electron chi connectivity index (χ0n) is 17.4. The van der Waals surface area contributed by atoms with E-state index in [-0.39, 0.29) is 11.5 Å². The third kappa shape index (κ3) is 5.83. The number of carbonyl (C=O) groups is 2. The number of anilines is 1. The summed E-state index contributed by atoms with van der Waals surface area (Å²) in [5.41, 5.74) is 1.26. The van der Waals surface area contributed by atoms with E-state index in [2.05, 4.69) is 31.4 Å². The van der Waals surface area contributed by atoms with Gasteiger partial charge < -0.3 is 10.1 Å². The molecular weight excluding hydrogens is 364 g/mol. The molecule has 5 heteroatoms. The number of nitrogens with one attached hydrogen (secondary N) is 2. The molecule has 2 aromatic carbocycles. The predicted octanol–water partition coefficient (Wildman–Crippen LogP) is 5.63. The second-order valence-electron chi connectivity index (χ2n) is 8.71. The summed E-state index contributed by atoms with van der Waals surface area (Å²) in [5, 5.41) is 5.01. The van der Waals surface area contributed by atoms with Crippen LogP contribution in [0.2, 0.25) is 0 Å². The lowest BCUT2D eigenvalue weighted by Crippen LogP contribution is -2.38. The van der Waals surface area contributed by atoms with Crippen LogP contribution >= 0.6 is 0 Å². The first-order chi connectivity index (χ1) is 13.8. The lowest BCUT2D eigenvalue weighted by atomic mass is 9.70. The first-order valence-electron chi connectivity index (χ1n) is 10.3. The minimum atomic E-state index is -0.562. The van der Waals surface area contributed by atoms with Crippen LogP contribution in [0.1, 0.15) is 56.8 Å². The van der Waals surface area contributed by atoms with E-state index in [1.165, 1.54) is 19.3 Å². The summed E-state index contributed by atoms with van der Waals surface area (Å²) >= 11 is 0. The number of rotatable bonds is 4. The van der Waals surface area contributed by atoms with Gasteiger partial charge in [0.05, 0.1) is 0 Å². The Labute approximate surface area is 172 Å². The van der Waals surface area contributed by atoms with Crippen molar-refractivity contribution in [3.63, 3.8) is 0 Å². The molecule has 0 saturated heterocycles. The van der Waals surface area contributed by atoms with Crippen LogP contribution in [0.15, 0.2) is 54.6 Å². The summed E-state index contributed by atoms with van der Waals surface area (Å²) in [4.78, 5) is 24.1. The Balaban J connectivity index is 1.56. The number of benzene rings is 2. The van der Waals surface area contributed by atoms with Gasteiger partial charge in [-0.05, 0) is 61.1 Å². The normalized spacial score (nSPS) is 19.3. The van der Waals surface area contributed by atoms with Crippen LogP contribution in [0.4, 0.5) is 10.5 Å². The average Bonchev–Trinajstić information content (AvgIpc) is 2.69. The van der Waals surface area contributed by atoms with Crippen molar-refractivity contribution in [2.75, 3.05) is 5.32 Å². The number of hydrogen-bond acceptors (Lipinski definition) is 3. The molecule has 2 N–H and O–H groups in total. The van der Waals surface area contributed by atoms with Crippen LogP contribution in [-0.4, -0.2) is 18.0 Å². The molecule has 0 spiro atoms. The first kappa shape index (κ1) is 20.9. The lowest BCUT2D eigenvalue weighted by molar-refractivity contribution is 0.0281. The van der Waals surface area contributed by atoms with Gasteiger partial charge in [0.15, 0.2) is 0 Å². The fraction of sp³-hybridized carbons (Fsp3) is 0.417. The summed E-state index contributed by atoms with van der Waals surface area (Å²) < 4.78 is 6.29. The van der Waals surface area contributed by atoms with Crippen molar-refractivity contribution in [2.45, 2.75) is 52.6 Å². The van der Waals surface area contributed by atoms with Crippen molar-refractivity contribution in [3.8, 4) is 5.75 Å². The van der Waals surface area contributed by atoms with E-state index >= 15 is 0 Å². The molecule has 1 aliphatic carbocycles. The van der Waals surface area contributed by atoms with Gasteiger partial charge in [-0.3, -0.25) is 10.1 Å². The molecule has 0 heterocycles. The Hall–Kier alpha value is -2.82. The largest absolute Gasteiger partial charge is 0.490 e. The number of hydrogen-bond donors (Lipinski definition) is 2. The van der Waals surface area contributed by atoms with Crippen molar-refractivity contribution in [1.82, 2.24) is 5.32 Å². The molecule has 3 rings (SSSR count). The molecule has 5 nitrogen and oxygen atoms in total. The Kier molecular flexibility index (Phi) is 6.57. The first-order valence-corrected chi connectivity index (χ1v) is 10.3. The Morgan fingerprint density at radius 1 is 0.931 bits per heavy atom. The van der Waals surface area contributed by atoms with Gasteiger partial charge in [-0.25, -0.2) is 4.79 Å². The van der Waals surface area contributed by atoms with Crippen molar-refractivity contribution in [1.29, 1.82) is 0 Å². The molecule has 1 fully saturated rings. The monoisotopic (exact) mass is 394 g/mol. The zero-order valence-corrected chi connectivity index (χ0v) is 17.4. The van der Waals surface area contributed by atoms with Gasteiger partial charge in [0.1, 0.15) is 11.9 Å². The third-order valence-corrected chi connectivity index (χ3v) is 5.48. The van der Waals surface area contributed by atoms with Crippen molar-refractivity contribution < 1.29 is 14.3 Å². The van der Waals surface area contributed by atoms with E-state index in [9.17, 15) is 9.59 Å². The predicted molar refractivity (Wildman–Crippen MR) is 115 cm³/mol. The Morgan fingerprint density at radius 3 is 2.24 bits per heavy atom. The van der Waals surface area contributed by atoms with E-state index in [1.807, 2.05) is 18.2 Å². The van der Waals surface area contributed by atoms with Crippen LogP contribution in [0, 0.1) is 11.3 Å². The van der Waals surface area contributed by atoms with E-state index in [1.54, 1.807) is 36.4 Å². The van der Waals surface area contributed by atoms with Crippen molar-refractivity contribution in [2.24, 2.45) is 11.3 Å². The maximum absolute atomic E-state index is 12.1. The molecule has 3 amide bonds. The van der Waals surface area contributed by atoms with Gasteiger partial charge in [-0.15, -0.1) is 0 Å². The number of amides is 3. The van der Waals surface area contributed by atoms with Crippen LogP contribution in [0.3, 0.4) is 0 Å². The fourth-order valence-electron chi connectivity index (χ4n) is 3.95. The van der Waals surface area contributed by atoms with Gasteiger partial charge in [0.2, 0.25) is 0 Å². The average molecular weight is 395 g/mol. The Morgan fingerprint density at radius 2 is 1.59 bits per heavy atom. The lowest BCUT2D eigenvalue weighted by Gasteiger charge is -2.40. The minimum absolute atomic E-state index is 0.217. The van der Waals surface area contributed by atoms with Crippen LogP contribution in [-0.2, 0) is 0 Å². The molecular formula is C24H30N2O3. The zero-order chi connectivity index (χ0) is 20.9. The number of carbonyl (C=O) groups excluding carboxylic acids is 2. The Bertz CT molecular complexity index is 825. The molecule has 154 valence electrons. The molecule has 0 radical (unpaired) electrons. The van der Waals surface area contributed by atoms with E-state index in [4.69, 9.17) is 4.74 Å². The second-order valence-corrected chi connectivity index (χ2v) is 8.71. The number of imide groups is 1. The van der Waals surface area contributed by atoms with Crippen LogP contribution in [0.5, 0.6) is 5.75 Å². The fourth-order valence-corrected chi connectivity index (χ4v) is 3.95. The topological polar surface area (TPSA) is 67.4 Å². The molecule has 29 heavy (non-hydrogen) atoms. The highest BCUT2D eigenvalue weighted by atomic mass is 16.5. The molecule has 1 saturated carbocycles. The second kappa shape index (κ2) is 9.12. The molecule has 1 aliphatic rings. The molecule has 0 bridgehead atoms. The van der Waals surface area contributed by atoms with E-state index in [0.717, 1.165) is 12.2 Å². The molecule has 0 aliphatic heterocycles. The molecule has 2 aromatic rings. The SMILES string of the molecule is CC(C)(C)C1CCCCC1Oc1ccc(NC(=O)NC(=O)c2ccccc2)cc1. The maximum atomic E-state index is 12.1. The van der Waals surface area contributed by atoms with E-state index in [0.29, 0.717) is 17.2 Å². The summed E-state index contributed by atoms with van der Waals surface area (Å²) in [6.45, 7) is 6.84. The van der Waals surface area contributed by atoms with Crippen molar-refractivity contribution >= 4 is 17.6 Å². The summed E-state index contributed by atoms with van der Waals surface area (Å²) in [6.07, 6.45) is 4.96. The number of urea groups is 1.